The molecule has 0 aliphatic heterocycles. The summed E-state index contributed by atoms with van der Waals surface area (Å²) in [6, 6.07) is 10.1. The van der Waals surface area contributed by atoms with Crippen molar-refractivity contribution in [3.05, 3.63) is 47.5 Å². The number of thiazole rings is 1. The standard InChI is InChI=1S/C20H23N3OS/c1-22(19(24)13-12-16-8-4-3-5-9-16)17-10-6-7-11-18(17)23(2)20-21-14-15-25-20/h3-5,8-9,14-15,17-18H,6-7,10-11H2,1-2H3. The van der Waals surface area contributed by atoms with Crippen molar-refractivity contribution in [1.29, 1.82) is 0 Å². The van der Waals surface area contributed by atoms with Crippen LogP contribution in [0.4, 0.5) is 5.13 Å². The van der Waals surface area contributed by atoms with Gasteiger partial charge in [0.1, 0.15) is 0 Å². The Morgan fingerprint density at radius 2 is 1.88 bits per heavy atom. The topological polar surface area (TPSA) is 36.4 Å². The van der Waals surface area contributed by atoms with E-state index in [1.165, 1.54) is 6.42 Å². The van der Waals surface area contributed by atoms with Gasteiger partial charge in [-0.3, -0.25) is 4.79 Å². The first-order valence-corrected chi connectivity index (χ1v) is 9.51. The van der Waals surface area contributed by atoms with Crippen molar-refractivity contribution in [2.45, 2.75) is 37.8 Å². The number of rotatable bonds is 3. The zero-order valence-electron chi connectivity index (χ0n) is 14.7. The third-order valence-corrected chi connectivity index (χ3v) is 5.68. The van der Waals surface area contributed by atoms with E-state index < -0.39 is 0 Å². The van der Waals surface area contributed by atoms with Crippen molar-refractivity contribution in [2.24, 2.45) is 0 Å². The van der Waals surface area contributed by atoms with Gasteiger partial charge in [-0.25, -0.2) is 4.98 Å². The average molecular weight is 353 g/mol. The molecule has 1 aliphatic carbocycles. The number of likely N-dealkylation sites (N-methyl/N-ethyl adjacent to an activating group) is 2. The normalized spacial score (nSPS) is 19.6. The summed E-state index contributed by atoms with van der Waals surface area (Å²) in [7, 11) is 3.95. The number of carbonyl (C=O) groups excluding carboxylic acids is 1. The van der Waals surface area contributed by atoms with Gasteiger partial charge in [-0.05, 0) is 25.0 Å². The highest BCUT2D eigenvalue weighted by Gasteiger charge is 2.33. The van der Waals surface area contributed by atoms with E-state index in [-0.39, 0.29) is 18.0 Å². The summed E-state index contributed by atoms with van der Waals surface area (Å²) < 4.78 is 0. The molecular formula is C20H23N3OS. The van der Waals surface area contributed by atoms with Gasteiger partial charge in [0, 0.05) is 37.2 Å². The van der Waals surface area contributed by atoms with Crippen LogP contribution in [0.15, 0.2) is 41.9 Å². The van der Waals surface area contributed by atoms with E-state index in [0.717, 1.165) is 30.0 Å². The van der Waals surface area contributed by atoms with Crippen LogP contribution in [-0.4, -0.2) is 42.0 Å². The lowest BCUT2D eigenvalue weighted by Crippen LogP contribution is -2.52. The Labute approximate surface area is 153 Å². The summed E-state index contributed by atoms with van der Waals surface area (Å²) in [4.78, 5) is 21.1. The van der Waals surface area contributed by atoms with Gasteiger partial charge in [0.2, 0.25) is 0 Å². The molecule has 4 nitrogen and oxygen atoms in total. The molecule has 1 fully saturated rings. The van der Waals surface area contributed by atoms with Gasteiger partial charge in [-0.15, -0.1) is 11.3 Å². The summed E-state index contributed by atoms with van der Waals surface area (Å²) in [6.07, 6.45) is 6.25. The first-order chi connectivity index (χ1) is 12.2. The highest BCUT2D eigenvalue weighted by Crippen LogP contribution is 2.30. The van der Waals surface area contributed by atoms with Crippen molar-refractivity contribution in [3.8, 4) is 11.8 Å². The largest absolute Gasteiger partial charge is 0.346 e. The second kappa shape index (κ2) is 8.17. The van der Waals surface area contributed by atoms with Crippen LogP contribution >= 0.6 is 11.3 Å². The van der Waals surface area contributed by atoms with Crippen molar-refractivity contribution < 1.29 is 4.79 Å². The molecule has 130 valence electrons. The van der Waals surface area contributed by atoms with E-state index in [1.54, 1.807) is 11.3 Å². The Balaban J connectivity index is 1.73. The maximum absolute atomic E-state index is 12.6. The number of carbonyl (C=O) groups is 1. The molecule has 0 N–H and O–H groups in total. The molecule has 0 spiro atoms. The van der Waals surface area contributed by atoms with Crippen LogP contribution in [0.2, 0.25) is 0 Å². The Morgan fingerprint density at radius 1 is 1.16 bits per heavy atom. The zero-order chi connectivity index (χ0) is 17.6. The molecule has 5 heteroatoms. The summed E-state index contributed by atoms with van der Waals surface area (Å²) in [6.45, 7) is 0. The van der Waals surface area contributed by atoms with E-state index in [0.29, 0.717) is 0 Å². The first kappa shape index (κ1) is 17.5. The van der Waals surface area contributed by atoms with Crippen molar-refractivity contribution in [1.82, 2.24) is 9.88 Å². The molecule has 25 heavy (non-hydrogen) atoms. The van der Waals surface area contributed by atoms with Crippen LogP contribution in [0, 0.1) is 11.8 Å². The van der Waals surface area contributed by atoms with Gasteiger partial charge >= 0.3 is 0 Å². The molecule has 0 radical (unpaired) electrons. The molecule has 0 saturated heterocycles. The maximum Gasteiger partial charge on any atom is 0.298 e. The minimum atomic E-state index is -0.117. The third kappa shape index (κ3) is 4.21. The van der Waals surface area contributed by atoms with Gasteiger partial charge in [0.15, 0.2) is 5.13 Å². The minimum Gasteiger partial charge on any atom is -0.346 e. The molecule has 1 aromatic heterocycles. The molecule has 2 aromatic rings. The second-order valence-corrected chi connectivity index (χ2v) is 7.25. The fraction of sp³-hybridized carbons (Fsp3) is 0.400. The predicted molar refractivity (Wildman–Crippen MR) is 103 cm³/mol. The van der Waals surface area contributed by atoms with Gasteiger partial charge in [0.25, 0.3) is 5.91 Å². The Bertz CT molecular complexity index is 748. The number of nitrogens with zero attached hydrogens (tertiary/aromatic N) is 3. The van der Waals surface area contributed by atoms with Crippen LogP contribution < -0.4 is 4.90 Å². The quantitative estimate of drug-likeness (QED) is 0.794. The number of hydrogen-bond donors (Lipinski definition) is 0. The smallest absolute Gasteiger partial charge is 0.298 e. The lowest BCUT2D eigenvalue weighted by Gasteiger charge is -2.41. The molecular weight excluding hydrogens is 330 g/mol. The first-order valence-electron chi connectivity index (χ1n) is 8.63. The van der Waals surface area contributed by atoms with E-state index in [4.69, 9.17) is 0 Å². The molecule has 1 aliphatic rings. The third-order valence-electron chi connectivity index (χ3n) is 4.82. The summed E-state index contributed by atoms with van der Waals surface area (Å²) in [5.74, 6) is 5.65. The van der Waals surface area contributed by atoms with E-state index in [9.17, 15) is 4.79 Å². The SMILES string of the molecule is CN(C(=O)C#Cc1ccccc1)C1CCCCC1N(C)c1nccs1. The fourth-order valence-electron chi connectivity index (χ4n) is 3.41. The van der Waals surface area contributed by atoms with Crippen LogP contribution in [0.1, 0.15) is 31.2 Å². The van der Waals surface area contributed by atoms with Gasteiger partial charge in [-0.1, -0.05) is 37.0 Å². The molecule has 1 amide bonds. The number of amides is 1. The van der Waals surface area contributed by atoms with E-state index in [2.05, 4.69) is 28.8 Å². The van der Waals surface area contributed by atoms with Gasteiger partial charge in [0.05, 0.1) is 12.1 Å². The molecule has 2 unspecified atom stereocenters. The second-order valence-electron chi connectivity index (χ2n) is 6.38. The number of aromatic nitrogens is 1. The molecule has 1 saturated carbocycles. The predicted octanol–water partition coefficient (Wildman–Crippen LogP) is 3.40. The number of hydrogen-bond acceptors (Lipinski definition) is 4. The highest BCUT2D eigenvalue weighted by molar-refractivity contribution is 7.13. The zero-order valence-corrected chi connectivity index (χ0v) is 15.5. The summed E-state index contributed by atoms with van der Waals surface area (Å²) >= 11 is 1.64. The number of benzene rings is 1. The molecule has 1 aromatic carbocycles. The van der Waals surface area contributed by atoms with Crippen molar-refractivity contribution >= 4 is 22.4 Å². The highest BCUT2D eigenvalue weighted by atomic mass is 32.1. The van der Waals surface area contributed by atoms with Crippen LogP contribution in [0.25, 0.3) is 0 Å². The van der Waals surface area contributed by atoms with Crippen molar-refractivity contribution in [3.63, 3.8) is 0 Å². The molecule has 3 rings (SSSR count). The minimum absolute atomic E-state index is 0.117. The lowest BCUT2D eigenvalue weighted by molar-refractivity contribution is -0.126. The van der Waals surface area contributed by atoms with Crippen LogP contribution in [0.5, 0.6) is 0 Å². The van der Waals surface area contributed by atoms with Crippen LogP contribution in [-0.2, 0) is 4.79 Å². The molecule has 0 bridgehead atoms. The fourth-order valence-corrected chi connectivity index (χ4v) is 4.08. The summed E-state index contributed by atoms with van der Waals surface area (Å²) in [5, 5.41) is 3.00. The van der Waals surface area contributed by atoms with E-state index in [1.807, 2.05) is 53.9 Å². The summed E-state index contributed by atoms with van der Waals surface area (Å²) in [5.41, 5.74) is 0.865. The monoisotopic (exact) mass is 353 g/mol. The maximum atomic E-state index is 12.6. The van der Waals surface area contributed by atoms with E-state index >= 15 is 0 Å². The molecule has 1 heterocycles. The van der Waals surface area contributed by atoms with Gasteiger partial charge in [-0.2, -0.15) is 0 Å². The average Bonchev–Trinajstić information content (AvgIpc) is 3.20. The van der Waals surface area contributed by atoms with Crippen LogP contribution in [0.3, 0.4) is 0 Å². The Hall–Kier alpha value is -2.32. The lowest BCUT2D eigenvalue weighted by atomic mass is 9.88. The number of anilines is 1. The molecule has 2 atom stereocenters. The Kier molecular flexibility index (Phi) is 5.72. The van der Waals surface area contributed by atoms with Gasteiger partial charge < -0.3 is 9.80 Å². The van der Waals surface area contributed by atoms with Crippen molar-refractivity contribution in [2.75, 3.05) is 19.0 Å². The Morgan fingerprint density at radius 3 is 2.56 bits per heavy atom.